The number of halogens is 5. The monoisotopic (exact) mass is 518 g/mol. The van der Waals surface area contributed by atoms with E-state index in [-0.39, 0.29) is 12.0 Å². The van der Waals surface area contributed by atoms with Crippen LogP contribution in [0.25, 0.3) is 11.1 Å². The van der Waals surface area contributed by atoms with Gasteiger partial charge in [-0.3, -0.25) is 9.80 Å². The number of carboxylic acids is 1. The average Bonchev–Trinajstić information content (AvgIpc) is 3.25. The number of hydrogen-bond donors (Lipinski definition) is 1. The van der Waals surface area contributed by atoms with Gasteiger partial charge < -0.3 is 9.84 Å². The Hall–Kier alpha value is -3.95. The summed E-state index contributed by atoms with van der Waals surface area (Å²) in [5.74, 6) is -1.83. The smallest absolute Gasteiger partial charge is 0.431 e. The molecule has 0 amide bonds. The molecule has 1 aliphatic rings. The van der Waals surface area contributed by atoms with Crippen LogP contribution in [-0.4, -0.2) is 36.1 Å². The minimum absolute atomic E-state index is 0.189. The van der Waals surface area contributed by atoms with Crippen LogP contribution in [0.5, 0.6) is 5.75 Å². The summed E-state index contributed by atoms with van der Waals surface area (Å²) in [6.07, 6.45) is -5.49. The average molecular weight is 518 g/mol. The zero-order chi connectivity index (χ0) is 26.9. The molecule has 5 nitrogen and oxygen atoms in total. The maximum atomic E-state index is 15.1. The molecule has 0 radical (unpaired) electrons. The van der Waals surface area contributed by atoms with Gasteiger partial charge in [-0.15, -0.1) is 0 Å². The predicted molar refractivity (Wildman–Crippen MR) is 129 cm³/mol. The fourth-order valence-electron chi connectivity index (χ4n) is 4.34. The topological polar surface area (TPSA) is 62.1 Å². The molecule has 1 unspecified atom stereocenters. The second kappa shape index (κ2) is 10.2. The van der Waals surface area contributed by atoms with Crippen molar-refractivity contribution in [3.8, 4) is 16.9 Å². The van der Waals surface area contributed by atoms with Crippen LogP contribution in [-0.2, 0) is 11.2 Å². The highest BCUT2D eigenvalue weighted by Gasteiger charge is 2.43. The van der Waals surface area contributed by atoms with Crippen LogP contribution in [0.2, 0.25) is 0 Å². The van der Waals surface area contributed by atoms with E-state index in [0.29, 0.717) is 33.7 Å². The molecule has 4 rings (SSSR count). The lowest BCUT2D eigenvalue weighted by Crippen LogP contribution is -2.29. The summed E-state index contributed by atoms with van der Waals surface area (Å²) >= 11 is 0. The van der Waals surface area contributed by atoms with E-state index in [1.165, 1.54) is 43.5 Å². The first-order valence-corrected chi connectivity index (χ1v) is 11.3. The summed E-state index contributed by atoms with van der Waals surface area (Å²) in [5.41, 5.74) is 1.51. The van der Waals surface area contributed by atoms with Crippen molar-refractivity contribution in [1.29, 1.82) is 0 Å². The molecule has 0 saturated carbocycles. The van der Waals surface area contributed by atoms with Gasteiger partial charge in [-0.25, -0.2) is 8.78 Å². The predicted octanol–water partition coefficient (Wildman–Crippen LogP) is 6.51. The number of carbonyl (C=O) groups is 1. The van der Waals surface area contributed by atoms with Crippen LogP contribution in [0.1, 0.15) is 29.5 Å². The van der Waals surface area contributed by atoms with E-state index < -0.39 is 48.4 Å². The first kappa shape index (κ1) is 26.1. The van der Waals surface area contributed by atoms with Crippen molar-refractivity contribution in [2.45, 2.75) is 38.4 Å². The number of methoxy groups -OCH3 is 1. The molecular weight excluding hydrogens is 495 g/mol. The summed E-state index contributed by atoms with van der Waals surface area (Å²) in [7, 11) is 1.45. The largest absolute Gasteiger partial charge is 0.497 e. The Morgan fingerprint density at radius 1 is 1.08 bits per heavy atom. The summed E-state index contributed by atoms with van der Waals surface area (Å²) in [6.45, 7) is 1.71. The fraction of sp³-hybridized carbons (Fsp3) is 0.259. The quantitative estimate of drug-likeness (QED) is 0.362. The van der Waals surface area contributed by atoms with Gasteiger partial charge in [-0.1, -0.05) is 18.2 Å². The highest BCUT2D eigenvalue weighted by molar-refractivity contribution is 5.94. The van der Waals surface area contributed by atoms with E-state index in [4.69, 9.17) is 9.84 Å². The summed E-state index contributed by atoms with van der Waals surface area (Å²) < 4.78 is 74.1. The van der Waals surface area contributed by atoms with Crippen molar-refractivity contribution in [3.05, 3.63) is 82.9 Å². The molecule has 1 heterocycles. The van der Waals surface area contributed by atoms with E-state index in [1.54, 1.807) is 25.1 Å². The Kier molecular flexibility index (Phi) is 7.20. The van der Waals surface area contributed by atoms with Crippen molar-refractivity contribution in [2.24, 2.45) is 5.10 Å². The van der Waals surface area contributed by atoms with Crippen LogP contribution >= 0.6 is 0 Å². The fourth-order valence-corrected chi connectivity index (χ4v) is 4.34. The highest BCUT2D eigenvalue weighted by atomic mass is 19.4. The van der Waals surface area contributed by atoms with Crippen LogP contribution in [0, 0.1) is 18.6 Å². The SMILES string of the molecule is COc1ccc(F)c(-c2cc(C)c(Cc3ccc(N4N=C(C(F)(F)F)CC4CC(=O)O)cc3)c(F)c2)c1. The number of hydrogen-bond acceptors (Lipinski definition) is 4. The molecule has 3 aromatic rings. The van der Waals surface area contributed by atoms with E-state index in [0.717, 1.165) is 5.01 Å². The summed E-state index contributed by atoms with van der Waals surface area (Å²) in [4.78, 5) is 11.2. The van der Waals surface area contributed by atoms with Crippen molar-refractivity contribution in [1.82, 2.24) is 0 Å². The Bertz CT molecular complexity index is 1330. The van der Waals surface area contributed by atoms with Crippen LogP contribution in [0.3, 0.4) is 0 Å². The molecule has 1 atom stereocenters. The number of aryl methyl sites for hydroxylation is 1. The summed E-state index contributed by atoms with van der Waals surface area (Å²) in [6, 6.07) is 12.5. The number of carboxylic acid groups (broad SMARTS) is 1. The molecule has 0 spiro atoms. The first-order valence-electron chi connectivity index (χ1n) is 11.3. The minimum Gasteiger partial charge on any atom is -0.497 e. The number of ether oxygens (including phenoxy) is 1. The van der Waals surface area contributed by atoms with Crippen LogP contribution in [0.15, 0.2) is 59.7 Å². The van der Waals surface area contributed by atoms with Gasteiger partial charge in [0, 0.05) is 18.4 Å². The van der Waals surface area contributed by atoms with Gasteiger partial charge in [0.25, 0.3) is 0 Å². The van der Waals surface area contributed by atoms with Gasteiger partial charge in [0.1, 0.15) is 23.1 Å². The molecule has 0 aliphatic carbocycles. The molecular formula is C27H23F5N2O3. The molecule has 0 saturated heterocycles. The maximum absolute atomic E-state index is 15.1. The van der Waals surface area contributed by atoms with Crippen LogP contribution in [0.4, 0.5) is 27.6 Å². The molecule has 10 heteroatoms. The molecule has 1 aliphatic heterocycles. The Balaban J connectivity index is 1.58. The molecule has 194 valence electrons. The van der Waals surface area contributed by atoms with Gasteiger partial charge in [-0.05, 0) is 65.6 Å². The van der Waals surface area contributed by atoms with E-state index in [9.17, 15) is 22.4 Å². The molecule has 3 aromatic carbocycles. The number of alkyl halides is 3. The normalized spacial score (nSPS) is 15.6. The van der Waals surface area contributed by atoms with Crippen molar-refractivity contribution in [3.63, 3.8) is 0 Å². The van der Waals surface area contributed by atoms with Crippen molar-refractivity contribution >= 4 is 17.4 Å². The highest BCUT2D eigenvalue weighted by Crippen LogP contribution is 2.34. The van der Waals surface area contributed by atoms with Crippen LogP contribution < -0.4 is 9.75 Å². The standard InChI is InChI=1S/C27H23F5N2O3/c1-15-9-17(22-14-20(37-2)7-8-23(22)28)11-24(29)21(15)10-16-3-5-18(6-4-16)34-19(13-26(35)36)12-25(33-34)27(30,31)32/h3-9,11,14,19H,10,12-13H2,1-2H3,(H,35,36). The number of anilines is 1. The van der Waals surface area contributed by atoms with E-state index in [2.05, 4.69) is 5.10 Å². The molecule has 0 fully saturated rings. The third-order valence-corrected chi connectivity index (χ3v) is 6.23. The number of aliphatic carboxylic acids is 1. The summed E-state index contributed by atoms with van der Waals surface area (Å²) in [5, 5.41) is 13.8. The second-order valence-electron chi connectivity index (χ2n) is 8.79. The third-order valence-electron chi connectivity index (χ3n) is 6.23. The van der Waals surface area contributed by atoms with Crippen molar-refractivity contribution in [2.75, 3.05) is 12.1 Å². The lowest BCUT2D eigenvalue weighted by Gasteiger charge is -2.22. The second-order valence-corrected chi connectivity index (χ2v) is 8.79. The van der Waals surface area contributed by atoms with Crippen molar-refractivity contribution < 1.29 is 36.6 Å². The third kappa shape index (κ3) is 5.73. The Labute approximate surface area is 209 Å². The minimum atomic E-state index is -4.65. The number of rotatable bonds is 7. The molecule has 37 heavy (non-hydrogen) atoms. The molecule has 0 bridgehead atoms. The zero-order valence-electron chi connectivity index (χ0n) is 19.9. The van der Waals surface area contributed by atoms with Gasteiger partial charge in [0.15, 0.2) is 0 Å². The Morgan fingerprint density at radius 2 is 1.78 bits per heavy atom. The molecule has 1 N–H and O–H groups in total. The lowest BCUT2D eigenvalue weighted by atomic mass is 9.95. The maximum Gasteiger partial charge on any atom is 0.431 e. The molecule has 0 aromatic heterocycles. The van der Waals surface area contributed by atoms with E-state index >= 15 is 4.39 Å². The van der Waals surface area contributed by atoms with E-state index in [1.807, 2.05) is 0 Å². The lowest BCUT2D eigenvalue weighted by molar-refractivity contribution is -0.137. The van der Waals surface area contributed by atoms with Gasteiger partial charge in [0.2, 0.25) is 0 Å². The number of hydrazone groups is 1. The first-order chi connectivity index (χ1) is 17.5. The zero-order valence-corrected chi connectivity index (χ0v) is 19.9. The number of nitrogens with zero attached hydrogens (tertiary/aromatic N) is 2. The number of benzene rings is 3. The van der Waals surface area contributed by atoms with Gasteiger partial charge >= 0.3 is 12.1 Å². The van der Waals surface area contributed by atoms with Gasteiger partial charge in [-0.2, -0.15) is 18.3 Å². The Morgan fingerprint density at radius 3 is 2.38 bits per heavy atom. The van der Waals surface area contributed by atoms with Gasteiger partial charge in [0.05, 0.1) is 25.3 Å².